The standard InChI is InChI=1S/C14H29NO3/c1-2-3-4-5-8-15-10-13(16)11-17-12-14-7-6-9-18-14/h13-16H,2-12H2,1H3. The highest BCUT2D eigenvalue weighted by atomic mass is 16.5. The van der Waals surface area contributed by atoms with Crippen LogP contribution in [0.5, 0.6) is 0 Å². The summed E-state index contributed by atoms with van der Waals surface area (Å²) in [7, 11) is 0. The van der Waals surface area contributed by atoms with Gasteiger partial charge in [0, 0.05) is 13.2 Å². The maximum atomic E-state index is 9.70. The molecule has 4 nitrogen and oxygen atoms in total. The van der Waals surface area contributed by atoms with Crippen molar-refractivity contribution >= 4 is 0 Å². The molecule has 18 heavy (non-hydrogen) atoms. The van der Waals surface area contributed by atoms with E-state index in [1.54, 1.807) is 0 Å². The molecule has 0 saturated carbocycles. The third-order valence-corrected chi connectivity index (χ3v) is 3.23. The average Bonchev–Trinajstić information content (AvgIpc) is 2.87. The number of aliphatic hydroxyl groups excluding tert-OH is 1. The van der Waals surface area contributed by atoms with Gasteiger partial charge in [-0.15, -0.1) is 0 Å². The van der Waals surface area contributed by atoms with E-state index in [0.717, 1.165) is 26.0 Å². The second-order valence-electron chi connectivity index (χ2n) is 5.09. The second kappa shape index (κ2) is 10.7. The first-order valence-corrected chi connectivity index (χ1v) is 7.41. The van der Waals surface area contributed by atoms with Crippen LogP contribution in [0.2, 0.25) is 0 Å². The normalized spacial score (nSPS) is 21.3. The lowest BCUT2D eigenvalue weighted by Gasteiger charge is -2.14. The van der Waals surface area contributed by atoms with Gasteiger partial charge in [-0.25, -0.2) is 0 Å². The van der Waals surface area contributed by atoms with Gasteiger partial charge in [-0.1, -0.05) is 26.2 Å². The van der Waals surface area contributed by atoms with Gasteiger partial charge in [0.2, 0.25) is 0 Å². The number of hydrogen-bond acceptors (Lipinski definition) is 4. The Morgan fingerprint density at radius 3 is 3.00 bits per heavy atom. The Morgan fingerprint density at radius 1 is 1.39 bits per heavy atom. The fourth-order valence-corrected chi connectivity index (χ4v) is 2.12. The predicted molar refractivity (Wildman–Crippen MR) is 72.8 cm³/mol. The van der Waals surface area contributed by atoms with Crippen molar-refractivity contribution in [2.45, 2.75) is 57.7 Å². The van der Waals surface area contributed by atoms with E-state index in [1.807, 2.05) is 0 Å². The molecule has 4 heteroatoms. The lowest BCUT2D eigenvalue weighted by molar-refractivity contribution is -0.0163. The summed E-state index contributed by atoms with van der Waals surface area (Å²) < 4.78 is 10.9. The molecular weight excluding hydrogens is 230 g/mol. The highest BCUT2D eigenvalue weighted by molar-refractivity contribution is 4.65. The van der Waals surface area contributed by atoms with Gasteiger partial charge in [0.15, 0.2) is 0 Å². The Morgan fingerprint density at radius 2 is 2.28 bits per heavy atom. The first kappa shape index (κ1) is 15.9. The number of nitrogens with one attached hydrogen (secondary N) is 1. The summed E-state index contributed by atoms with van der Waals surface area (Å²) in [5.74, 6) is 0. The van der Waals surface area contributed by atoms with Crippen molar-refractivity contribution in [3.05, 3.63) is 0 Å². The molecule has 2 N–H and O–H groups in total. The SMILES string of the molecule is CCCCCCNCC(O)COCC1CCCO1. The van der Waals surface area contributed by atoms with E-state index in [1.165, 1.54) is 25.7 Å². The Kier molecular flexibility index (Phi) is 9.48. The molecule has 1 saturated heterocycles. The van der Waals surface area contributed by atoms with Gasteiger partial charge in [0.1, 0.15) is 0 Å². The topological polar surface area (TPSA) is 50.7 Å². The molecule has 1 aliphatic rings. The fourth-order valence-electron chi connectivity index (χ4n) is 2.12. The zero-order chi connectivity index (χ0) is 13.1. The third-order valence-electron chi connectivity index (χ3n) is 3.23. The highest BCUT2D eigenvalue weighted by Gasteiger charge is 2.15. The Balaban J connectivity index is 1.82. The van der Waals surface area contributed by atoms with Crippen LogP contribution >= 0.6 is 0 Å². The number of unbranched alkanes of at least 4 members (excludes halogenated alkanes) is 3. The van der Waals surface area contributed by atoms with E-state index >= 15 is 0 Å². The summed E-state index contributed by atoms with van der Waals surface area (Å²) in [6.45, 7) is 5.70. The summed E-state index contributed by atoms with van der Waals surface area (Å²) in [6, 6.07) is 0. The summed E-state index contributed by atoms with van der Waals surface area (Å²) in [4.78, 5) is 0. The quantitative estimate of drug-likeness (QED) is 0.555. The van der Waals surface area contributed by atoms with Gasteiger partial charge in [-0.05, 0) is 25.8 Å². The van der Waals surface area contributed by atoms with Crippen LogP contribution in [0.1, 0.15) is 45.4 Å². The van der Waals surface area contributed by atoms with Gasteiger partial charge in [0.05, 0.1) is 25.4 Å². The van der Waals surface area contributed by atoms with Gasteiger partial charge in [0.25, 0.3) is 0 Å². The van der Waals surface area contributed by atoms with Crippen molar-refractivity contribution in [2.24, 2.45) is 0 Å². The van der Waals surface area contributed by atoms with Crippen LogP contribution in [-0.4, -0.2) is 50.2 Å². The molecule has 1 fully saturated rings. The van der Waals surface area contributed by atoms with Crippen molar-refractivity contribution in [2.75, 3.05) is 32.9 Å². The maximum absolute atomic E-state index is 9.70. The zero-order valence-corrected chi connectivity index (χ0v) is 11.7. The van der Waals surface area contributed by atoms with Crippen molar-refractivity contribution in [1.29, 1.82) is 0 Å². The van der Waals surface area contributed by atoms with Gasteiger partial charge < -0.3 is 19.9 Å². The molecule has 2 unspecified atom stereocenters. The molecule has 0 spiro atoms. The summed E-state index contributed by atoms with van der Waals surface area (Å²) >= 11 is 0. The first-order chi connectivity index (χ1) is 8.83. The summed E-state index contributed by atoms with van der Waals surface area (Å²) in [6.07, 6.45) is 7.10. The van der Waals surface area contributed by atoms with Crippen molar-refractivity contribution in [1.82, 2.24) is 5.32 Å². The van der Waals surface area contributed by atoms with E-state index < -0.39 is 6.10 Å². The largest absolute Gasteiger partial charge is 0.389 e. The number of hydrogen-bond donors (Lipinski definition) is 2. The molecule has 0 bridgehead atoms. The molecule has 1 rings (SSSR count). The van der Waals surface area contributed by atoms with Crippen LogP contribution in [0.15, 0.2) is 0 Å². The van der Waals surface area contributed by atoms with Gasteiger partial charge >= 0.3 is 0 Å². The molecule has 0 aliphatic carbocycles. The average molecular weight is 259 g/mol. The lowest BCUT2D eigenvalue weighted by Crippen LogP contribution is -2.32. The fraction of sp³-hybridized carbons (Fsp3) is 1.00. The zero-order valence-electron chi connectivity index (χ0n) is 11.7. The Hall–Kier alpha value is -0.160. The monoisotopic (exact) mass is 259 g/mol. The summed E-state index contributed by atoms with van der Waals surface area (Å²) in [5, 5.41) is 13.0. The molecule has 1 aliphatic heterocycles. The van der Waals surface area contributed by atoms with Crippen molar-refractivity contribution < 1.29 is 14.6 Å². The summed E-state index contributed by atoms with van der Waals surface area (Å²) in [5.41, 5.74) is 0. The first-order valence-electron chi connectivity index (χ1n) is 7.41. The predicted octanol–water partition coefficient (Wildman–Crippen LogP) is 1.71. The maximum Gasteiger partial charge on any atom is 0.0897 e. The molecule has 0 aromatic carbocycles. The smallest absolute Gasteiger partial charge is 0.0897 e. The van der Waals surface area contributed by atoms with E-state index in [9.17, 15) is 5.11 Å². The van der Waals surface area contributed by atoms with E-state index in [0.29, 0.717) is 19.8 Å². The number of ether oxygens (including phenoxy) is 2. The molecule has 108 valence electrons. The Labute approximate surface area is 111 Å². The molecule has 2 atom stereocenters. The molecule has 0 radical (unpaired) electrons. The van der Waals surface area contributed by atoms with E-state index in [4.69, 9.17) is 9.47 Å². The number of aliphatic hydroxyl groups is 1. The van der Waals surface area contributed by atoms with Crippen molar-refractivity contribution in [3.8, 4) is 0 Å². The Bertz CT molecular complexity index is 184. The highest BCUT2D eigenvalue weighted by Crippen LogP contribution is 2.11. The van der Waals surface area contributed by atoms with Crippen LogP contribution in [0.3, 0.4) is 0 Å². The van der Waals surface area contributed by atoms with E-state index in [-0.39, 0.29) is 6.10 Å². The van der Waals surface area contributed by atoms with Crippen LogP contribution in [-0.2, 0) is 9.47 Å². The van der Waals surface area contributed by atoms with E-state index in [2.05, 4.69) is 12.2 Å². The molecule has 0 amide bonds. The minimum Gasteiger partial charge on any atom is -0.389 e. The molecule has 0 aromatic heterocycles. The minimum atomic E-state index is -0.405. The van der Waals surface area contributed by atoms with Crippen LogP contribution in [0.4, 0.5) is 0 Å². The molecule has 0 aromatic rings. The second-order valence-corrected chi connectivity index (χ2v) is 5.09. The van der Waals surface area contributed by atoms with Crippen LogP contribution in [0, 0.1) is 0 Å². The minimum absolute atomic E-state index is 0.249. The van der Waals surface area contributed by atoms with Crippen LogP contribution in [0.25, 0.3) is 0 Å². The third kappa shape index (κ3) is 8.03. The van der Waals surface area contributed by atoms with Crippen molar-refractivity contribution in [3.63, 3.8) is 0 Å². The molecule has 1 heterocycles. The van der Waals surface area contributed by atoms with Crippen LogP contribution < -0.4 is 5.32 Å². The van der Waals surface area contributed by atoms with Gasteiger partial charge in [-0.2, -0.15) is 0 Å². The lowest BCUT2D eigenvalue weighted by atomic mass is 10.2. The number of rotatable bonds is 11. The van der Waals surface area contributed by atoms with Gasteiger partial charge in [-0.3, -0.25) is 0 Å². The molecular formula is C14H29NO3.